The van der Waals surface area contributed by atoms with Crippen molar-refractivity contribution in [3.63, 3.8) is 0 Å². The number of carbonyl (C=O) groups excluding carboxylic acids is 1. The number of carbonyl (C=O) groups is 2. The average molecular weight is 298 g/mol. The summed E-state index contributed by atoms with van der Waals surface area (Å²) in [6, 6.07) is 2.57. The van der Waals surface area contributed by atoms with Crippen molar-refractivity contribution in [3.05, 3.63) is 39.7 Å². The van der Waals surface area contributed by atoms with Crippen LogP contribution < -0.4 is 5.32 Å². The van der Waals surface area contributed by atoms with Crippen molar-refractivity contribution in [1.82, 2.24) is 5.32 Å². The number of hydrogen-bond donors (Lipinski definition) is 2. The van der Waals surface area contributed by atoms with E-state index in [9.17, 15) is 24.1 Å². The van der Waals surface area contributed by atoms with Crippen molar-refractivity contribution < 1.29 is 24.0 Å². The molecule has 1 atom stereocenters. The van der Waals surface area contributed by atoms with Gasteiger partial charge in [-0.05, 0) is 25.5 Å². The van der Waals surface area contributed by atoms with Crippen molar-refractivity contribution in [2.24, 2.45) is 5.41 Å². The molecule has 1 rings (SSSR count). The number of aliphatic carboxylic acids is 1. The Morgan fingerprint density at radius 3 is 2.57 bits per heavy atom. The number of rotatable bonds is 6. The van der Waals surface area contributed by atoms with Crippen LogP contribution in [-0.4, -0.2) is 28.5 Å². The fourth-order valence-electron chi connectivity index (χ4n) is 1.57. The van der Waals surface area contributed by atoms with E-state index in [1.165, 1.54) is 6.92 Å². The van der Waals surface area contributed by atoms with Gasteiger partial charge in [0.2, 0.25) is 0 Å². The molecule has 1 amide bonds. The van der Waals surface area contributed by atoms with Crippen LogP contribution in [0.25, 0.3) is 0 Å². The van der Waals surface area contributed by atoms with Crippen molar-refractivity contribution >= 4 is 17.6 Å². The minimum absolute atomic E-state index is 0.188. The lowest BCUT2D eigenvalue weighted by atomic mass is 9.87. The first-order valence-corrected chi connectivity index (χ1v) is 6.17. The molecule has 7 nitrogen and oxygen atoms in total. The van der Waals surface area contributed by atoms with Gasteiger partial charge in [0.25, 0.3) is 11.6 Å². The second kappa shape index (κ2) is 6.29. The summed E-state index contributed by atoms with van der Waals surface area (Å²) < 4.78 is 13.0. The molecule has 0 bridgehead atoms. The molecule has 0 saturated heterocycles. The van der Waals surface area contributed by atoms with E-state index in [0.29, 0.717) is 6.07 Å². The van der Waals surface area contributed by atoms with Crippen LogP contribution in [0.3, 0.4) is 0 Å². The number of nitro benzene ring substituents is 1. The molecule has 1 aromatic rings. The molecule has 0 fully saturated rings. The Labute approximate surface area is 119 Å². The zero-order valence-electron chi connectivity index (χ0n) is 11.6. The molecule has 114 valence electrons. The largest absolute Gasteiger partial charge is 0.481 e. The number of nitrogens with zero attached hydrogens (tertiary/aromatic N) is 1. The summed E-state index contributed by atoms with van der Waals surface area (Å²) >= 11 is 0. The summed E-state index contributed by atoms with van der Waals surface area (Å²) in [6.45, 7) is 2.92. The second-order valence-corrected chi connectivity index (χ2v) is 4.82. The first-order valence-electron chi connectivity index (χ1n) is 6.17. The van der Waals surface area contributed by atoms with Gasteiger partial charge >= 0.3 is 5.97 Å². The second-order valence-electron chi connectivity index (χ2n) is 4.82. The van der Waals surface area contributed by atoms with Gasteiger partial charge in [-0.3, -0.25) is 19.7 Å². The molecule has 21 heavy (non-hydrogen) atoms. The van der Waals surface area contributed by atoms with E-state index in [0.717, 1.165) is 12.1 Å². The van der Waals surface area contributed by atoms with E-state index in [2.05, 4.69) is 5.32 Å². The number of amides is 1. The van der Waals surface area contributed by atoms with Gasteiger partial charge in [-0.15, -0.1) is 0 Å². The van der Waals surface area contributed by atoms with Crippen molar-refractivity contribution in [3.8, 4) is 0 Å². The third kappa shape index (κ3) is 3.74. The van der Waals surface area contributed by atoms with Crippen molar-refractivity contribution in [2.75, 3.05) is 6.54 Å². The van der Waals surface area contributed by atoms with Crippen LogP contribution in [0.1, 0.15) is 30.6 Å². The molecule has 1 unspecified atom stereocenters. The molecule has 0 saturated carbocycles. The van der Waals surface area contributed by atoms with Crippen LogP contribution in [0.5, 0.6) is 0 Å². The zero-order valence-corrected chi connectivity index (χ0v) is 11.6. The van der Waals surface area contributed by atoms with Gasteiger partial charge in [0.05, 0.1) is 16.4 Å². The Kier molecular flexibility index (Phi) is 4.96. The minimum Gasteiger partial charge on any atom is -0.481 e. The molecule has 1 aromatic carbocycles. The summed E-state index contributed by atoms with van der Waals surface area (Å²) in [5.41, 5.74) is -2.16. The van der Waals surface area contributed by atoms with Gasteiger partial charge in [-0.2, -0.15) is 0 Å². The van der Waals surface area contributed by atoms with Gasteiger partial charge < -0.3 is 10.4 Å². The molecule has 0 aliphatic heterocycles. The SMILES string of the molecule is CCC(C)(CNC(=O)c1ccc(F)cc1[N+](=O)[O-])C(=O)O. The lowest BCUT2D eigenvalue weighted by molar-refractivity contribution is -0.385. The van der Waals surface area contributed by atoms with Gasteiger partial charge in [0, 0.05) is 6.54 Å². The molecule has 0 heterocycles. The van der Waals surface area contributed by atoms with Gasteiger partial charge in [0.15, 0.2) is 0 Å². The topological polar surface area (TPSA) is 110 Å². The summed E-state index contributed by atoms with van der Waals surface area (Å²) in [5, 5.41) is 22.2. The highest BCUT2D eigenvalue weighted by molar-refractivity contribution is 5.98. The average Bonchev–Trinajstić information content (AvgIpc) is 2.43. The Morgan fingerprint density at radius 1 is 1.48 bits per heavy atom. The summed E-state index contributed by atoms with van der Waals surface area (Å²) in [6.07, 6.45) is 0.272. The van der Waals surface area contributed by atoms with E-state index >= 15 is 0 Å². The van der Waals surface area contributed by atoms with E-state index in [-0.39, 0.29) is 18.5 Å². The Balaban J connectivity index is 2.96. The number of carboxylic acid groups (broad SMARTS) is 1. The first-order chi connectivity index (χ1) is 9.71. The number of hydrogen-bond acceptors (Lipinski definition) is 4. The van der Waals surface area contributed by atoms with Crippen molar-refractivity contribution in [1.29, 1.82) is 0 Å². The molecule has 0 spiro atoms. The highest BCUT2D eigenvalue weighted by Crippen LogP contribution is 2.22. The maximum absolute atomic E-state index is 13.0. The van der Waals surface area contributed by atoms with E-state index in [4.69, 9.17) is 5.11 Å². The van der Waals surface area contributed by atoms with Crippen LogP contribution in [0, 0.1) is 21.3 Å². The fourth-order valence-corrected chi connectivity index (χ4v) is 1.57. The van der Waals surface area contributed by atoms with E-state index < -0.39 is 33.7 Å². The Bertz CT molecular complexity index is 590. The highest BCUT2D eigenvalue weighted by Gasteiger charge is 2.32. The van der Waals surface area contributed by atoms with Gasteiger partial charge in [-0.25, -0.2) is 4.39 Å². The molecule has 0 radical (unpaired) electrons. The third-order valence-electron chi connectivity index (χ3n) is 3.34. The number of halogens is 1. The van der Waals surface area contributed by atoms with Gasteiger partial charge in [-0.1, -0.05) is 6.92 Å². The zero-order chi connectivity index (χ0) is 16.2. The minimum atomic E-state index is -1.18. The number of benzene rings is 1. The maximum Gasteiger partial charge on any atom is 0.311 e. The van der Waals surface area contributed by atoms with Crippen LogP contribution in [-0.2, 0) is 4.79 Å². The lowest BCUT2D eigenvalue weighted by Crippen LogP contribution is -2.40. The standard InChI is InChI=1S/C13H15FN2O5/c1-3-13(2,12(18)19)7-15-11(17)9-5-4-8(14)6-10(9)16(20)21/h4-6H,3,7H2,1-2H3,(H,15,17)(H,18,19). The molecule has 0 aliphatic carbocycles. The molecular formula is C13H15FN2O5. The summed E-state index contributed by atoms with van der Waals surface area (Å²) in [5.74, 6) is -2.73. The lowest BCUT2D eigenvalue weighted by Gasteiger charge is -2.23. The van der Waals surface area contributed by atoms with E-state index in [1.807, 2.05) is 0 Å². The molecule has 8 heteroatoms. The summed E-state index contributed by atoms with van der Waals surface area (Å²) in [4.78, 5) is 33.0. The Morgan fingerprint density at radius 2 is 2.10 bits per heavy atom. The highest BCUT2D eigenvalue weighted by atomic mass is 19.1. The van der Waals surface area contributed by atoms with Crippen LogP contribution >= 0.6 is 0 Å². The van der Waals surface area contributed by atoms with Crippen LogP contribution in [0.4, 0.5) is 10.1 Å². The maximum atomic E-state index is 13.0. The van der Waals surface area contributed by atoms with E-state index in [1.54, 1.807) is 6.92 Å². The Hall–Kier alpha value is -2.51. The van der Waals surface area contributed by atoms with Crippen LogP contribution in [0.15, 0.2) is 18.2 Å². The molecule has 0 aliphatic rings. The molecule has 2 N–H and O–H groups in total. The van der Waals surface area contributed by atoms with Crippen molar-refractivity contribution in [2.45, 2.75) is 20.3 Å². The smallest absolute Gasteiger partial charge is 0.311 e. The third-order valence-corrected chi connectivity index (χ3v) is 3.34. The summed E-state index contributed by atoms with van der Waals surface area (Å²) in [7, 11) is 0. The number of nitro groups is 1. The monoisotopic (exact) mass is 298 g/mol. The number of carboxylic acids is 1. The van der Waals surface area contributed by atoms with Crippen LogP contribution in [0.2, 0.25) is 0 Å². The number of nitrogens with one attached hydrogen (secondary N) is 1. The predicted molar refractivity (Wildman–Crippen MR) is 71.4 cm³/mol. The first kappa shape index (κ1) is 16.5. The fraction of sp³-hybridized carbons (Fsp3) is 0.385. The molecular weight excluding hydrogens is 283 g/mol. The quantitative estimate of drug-likeness (QED) is 0.616. The molecule has 0 aromatic heterocycles. The predicted octanol–water partition coefficient (Wildman–Crippen LogP) is 1.96. The normalized spacial score (nSPS) is 13.3. The van der Waals surface area contributed by atoms with Gasteiger partial charge in [0.1, 0.15) is 11.4 Å².